The number of piperidine rings is 1. The van der Waals surface area contributed by atoms with E-state index >= 15 is 0 Å². The highest BCUT2D eigenvalue weighted by Gasteiger charge is 2.33. The van der Waals surface area contributed by atoms with Crippen LogP contribution >= 0.6 is 11.5 Å². The van der Waals surface area contributed by atoms with E-state index < -0.39 is 0 Å². The van der Waals surface area contributed by atoms with Gasteiger partial charge in [-0.1, -0.05) is 0 Å². The number of benzene rings is 1. The van der Waals surface area contributed by atoms with Gasteiger partial charge in [-0.3, -0.25) is 9.59 Å². The molecule has 0 radical (unpaired) electrons. The maximum Gasteiger partial charge on any atom is 0.290 e. The van der Waals surface area contributed by atoms with Crippen LogP contribution in [0, 0.1) is 0 Å². The molecule has 1 N–H and O–H groups in total. The lowest BCUT2D eigenvalue weighted by atomic mass is 10.0. The van der Waals surface area contributed by atoms with Gasteiger partial charge in [-0.05, 0) is 42.6 Å². The molecule has 8 heteroatoms. The number of hydrogen-bond donors (Lipinski definition) is 1. The molecule has 0 saturated carbocycles. The van der Waals surface area contributed by atoms with E-state index in [1.165, 1.54) is 11.5 Å². The Labute approximate surface area is 150 Å². The van der Waals surface area contributed by atoms with Gasteiger partial charge in [-0.2, -0.15) is 4.37 Å². The minimum atomic E-state index is -0.250. The lowest BCUT2D eigenvalue weighted by Crippen LogP contribution is -2.41. The summed E-state index contributed by atoms with van der Waals surface area (Å²) >= 11 is 1.39. The van der Waals surface area contributed by atoms with Crippen molar-refractivity contribution in [3.8, 4) is 5.75 Å². The summed E-state index contributed by atoms with van der Waals surface area (Å²) < 4.78 is 10.8. The fourth-order valence-corrected chi connectivity index (χ4v) is 4.24. The highest BCUT2D eigenvalue weighted by atomic mass is 32.1. The molecule has 0 unspecified atom stereocenters. The zero-order valence-corrected chi connectivity index (χ0v) is 14.9. The maximum atomic E-state index is 13.0. The van der Waals surface area contributed by atoms with Gasteiger partial charge in [0.1, 0.15) is 11.4 Å². The average Bonchev–Trinajstić information content (AvgIpc) is 2.82. The van der Waals surface area contributed by atoms with E-state index in [0.717, 1.165) is 54.9 Å². The molecule has 0 spiro atoms. The Morgan fingerprint density at radius 2 is 2.04 bits per heavy atom. The molecule has 134 valence electrons. The van der Waals surface area contributed by atoms with Crippen LogP contribution in [-0.4, -0.2) is 71.0 Å². The van der Waals surface area contributed by atoms with Crippen LogP contribution in [0.1, 0.15) is 23.3 Å². The van der Waals surface area contributed by atoms with Crippen molar-refractivity contribution in [2.75, 3.05) is 33.3 Å². The minimum absolute atomic E-state index is 0.0771. The van der Waals surface area contributed by atoms with Crippen LogP contribution in [-0.2, 0) is 4.79 Å². The Morgan fingerprint density at radius 3 is 2.72 bits per heavy atom. The summed E-state index contributed by atoms with van der Waals surface area (Å²) in [6, 6.07) is 6.18. The third kappa shape index (κ3) is 3.59. The van der Waals surface area contributed by atoms with Crippen LogP contribution in [0.15, 0.2) is 18.2 Å². The predicted molar refractivity (Wildman–Crippen MR) is 95.4 cm³/mol. The molecule has 3 saturated heterocycles. The third-order valence-electron chi connectivity index (χ3n) is 4.80. The molecule has 2 aromatic rings. The molecule has 1 aromatic heterocycles. The fourth-order valence-electron chi connectivity index (χ4n) is 3.49. The van der Waals surface area contributed by atoms with E-state index in [2.05, 4.69) is 9.27 Å². The molecule has 2 bridgehead atoms. The standard InChI is InChI=1S/C16H19N3O2S.CH2O2/c1-21-12-2-3-14-13(10-12)15(17-22-14)16(20)19-9-8-18-6-4-11(19)5-7-18;2-1-3/h2-3,10-11H,4-9H2,1H3;1H,(H,2,3). The number of rotatable bonds is 2. The predicted octanol–water partition coefficient (Wildman–Crippen LogP) is 1.93. The first-order valence-corrected chi connectivity index (χ1v) is 9.00. The van der Waals surface area contributed by atoms with Crippen LogP contribution in [0.25, 0.3) is 10.1 Å². The maximum absolute atomic E-state index is 13.0. The molecule has 5 rings (SSSR count). The summed E-state index contributed by atoms with van der Waals surface area (Å²) in [5, 5.41) is 7.80. The molecular weight excluding hydrogens is 342 g/mol. The van der Waals surface area contributed by atoms with Crippen molar-refractivity contribution in [2.45, 2.75) is 18.9 Å². The van der Waals surface area contributed by atoms with Crippen LogP contribution in [0.5, 0.6) is 5.75 Å². The van der Waals surface area contributed by atoms with E-state index in [1.807, 2.05) is 23.1 Å². The molecule has 1 amide bonds. The zero-order valence-electron chi connectivity index (χ0n) is 14.1. The lowest BCUT2D eigenvalue weighted by Gasteiger charge is -2.31. The zero-order chi connectivity index (χ0) is 17.8. The summed E-state index contributed by atoms with van der Waals surface area (Å²) in [4.78, 5) is 25.9. The van der Waals surface area contributed by atoms with Gasteiger partial charge >= 0.3 is 0 Å². The van der Waals surface area contributed by atoms with Gasteiger partial charge in [0.05, 0.1) is 11.8 Å². The smallest absolute Gasteiger partial charge is 0.290 e. The van der Waals surface area contributed by atoms with E-state index in [-0.39, 0.29) is 12.4 Å². The Hall–Kier alpha value is -2.19. The number of ether oxygens (including phenoxy) is 1. The van der Waals surface area contributed by atoms with Gasteiger partial charge in [0.25, 0.3) is 12.4 Å². The number of carbonyl (C=O) groups is 2. The number of fused-ring (bicyclic) bond motifs is 5. The van der Waals surface area contributed by atoms with Crippen molar-refractivity contribution in [2.24, 2.45) is 0 Å². The van der Waals surface area contributed by atoms with Gasteiger partial charge in [-0.15, -0.1) is 0 Å². The van der Waals surface area contributed by atoms with E-state index in [9.17, 15) is 4.79 Å². The van der Waals surface area contributed by atoms with E-state index in [4.69, 9.17) is 14.6 Å². The van der Waals surface area contributed by atoms with Gasteiger partial charge in [0.2, 0.25) is 0 Å². The van der Waals surface area contributed by atoms with Gasteiger partial charge in [0.15, 0.2) is 0 Å². The molecular formula is C17H21N3O4S. The molecule has 0 atom stereocenters. The number of nitrogens with zero attached hydrogens (tertiary/aromatic N) is 3. The second-order valence-electron chi connectivity index (χ2n) is 6.07. The van der Waals surface area contributed by atoms with Crippen molar-refractivity contribution in [3.05, 3.63) is 23.9 Å². The van der Waals surface area contributed by atoms with Crippen molar-refractivity contribution >= 4 is 34.0 Å². The largest absolute Gasteiger partial charge is 0.497 e. The van der Waals surface area contributed by atoms with Crippen molar-refractivity contribution in [3.63, 3.8) is 0 Å². The molecule has 25 heavy (non-hydrogen) atoms. The first kappa shape index (κ1) is 17.6. The Morgan fingerprint density at radius 1 is 1.32 bits per heavy atom. The van der Waals surface area contributed by atoms with Gasteiger partial charge < -0.3 is 19.6 Å². The average molecular weight is 363 g/mol. The topological polar surface area (TPSA) is 83.0 Å². The second-order valence-corrected chi connectivity index (χ2v) is 6.88. The molecule has 3 aliphatic rings. The first-order chi connectivity index (χ1) is 12.2. The number of aromatic nitrogens is 1. The highest BCUT2D eigenvalue weighted by Crippen LogP contribution is 2.30. The van der Waals surface area contributed by atoms with Crippen molar-refractivity contribution in [1.82, 2.24) is 14.2 Å². The third-order valence-corrected chi connectivity index (χ3v) is 5.62. The Bertz CT molecular complexity index is 755. The van der Waals surface area contributed by atoms with Crippen LogP contribution in [0.4, 0.5) is 0 Å². The van der Waals surface area contributed by atoms with E-state index in [0.29, 0.717) is 11.7 Å². The normalized spacial score (nSPS) is 22.0. The molecule has 3 aliphatic heterocycles. The molecule has 0 aliphatic carbocycles. The van der Waals surface area contributed by atoms with Crippen LogP contribution in [0.3, 0.4) is 0 Å². The van der Waals surface area contributed by atoms with E-state index in [1.54, 1.807) is 7.11 Å². The summed E-state index contributed by atoms with van der Waals surface area (Å²) in [6.45, 7) is 3.76. The van der Waals surface area contributed by atoms with Crippen LogP contribution in [0.2, 0.25) is 0 Å². The fraction of sp³-hybridized carbons (Fsp3) is 0.471. The quantitative estimate of drug-likeness (QED) is 0.821. The number of carbonyl (C=O) groups excluding carboxylic acids is 1. The SMILES string of the molecule is COc1ccc2snc(C(=O)N3CCN4CCC3CC4)c2c1.O=CO. The number of carboxylic acid groups (broad SMARTS) is 1. The Balaban J connectivity index is 0.000000569. The molecule has 3 fully saturated rings. The van der Waals surface area contributed by atoms with Crippen LogP contribution < -0.4 is 4.74 Å². The first-order valence-electron chi connectivity index (χ1n) is 8.22. The number of amides is 1. The molecule has 4 heterocycles. The second kappa shape index (κ2) is 7.79. The minimum Gasteiger partial charge on any atom is -0.497 e. The van der Waals surface area contributed by atoms with Crippen molar-refractivity contribution < 1.29 is 19.4 Å². The monoisotopic (exact) mass is 363 g/mol. The summed E-state index contributed by atoms with van der Waals surface area (Å²) in [7, 11) is 1.64. The molecule has 7 nitrogen and oxygen atoms in total. The van der Waals surface area contributed by atoms with Gasteiger partial charge in [-0.25, -0.2) is 0 Å². The number of methoxy groups -OCH3 is 1. The highest BCUT2D eigenvalue weighted by molar-refractivity contribution is 7.13. The number of hydrogen-bond acceptors (Lipinski definition) is 6. The summed E-state index contributed by atoms with van der Waals surface area (Å²) in [5.74, 6) is 0.845. The Kier molecular flexibility index (Phi) is 5.50. The van der Waals surface area contributed by atoms with Gasteiger partial charge in [0, 0.05) is 37.6 Å². The van der Waals surface area contributed by atoms with Crippen molar-refractivity contribution in [1.29, 1.82) is 0 Å². The molecule has 1 aromatic carbocycles. The lowest BCUT2D eigenvalue weighted by molar-refractivity contribution is -0.122. The summed E-state index contributed by atoms with van der Waals surface area (Å²) in [6.07, 6.45) is 2.16. The summed E-state index contributed by atoms with van der Waals surface area (Å²) in [5.41, 5.74) is 0.583.